The van der Waals surface area contributed by atoms with Crippen LogP contribution in [-0.4, -0.2) is 47.5 Å². The van der Waals surface area contributed by atoms with E-state index in [-0.39, 0.29) is 13.0 Å². The SMILES string of the molecule is CSc1nc(Cc2ccc(NC(=O)OCc3ccccc3)cc2)nc(N(C)C)c1CC(=O)O. The molecular formula is C24H26N4O4S. The van der Waals surface area contributed by atoms with Crippen LogP contribution in [0.2, 0.25) is 0 Å². The molecule has 0 bridgehead atoms. The topological polar surface area (TPSA) is 105 Å². The molecule has 172 valence electrons. The van der Waals surface area contributed by atoms with E-state index < -0.39 is 12.1 Å². The van der Waals surface area contributed by atoms with Crippen LogP contribution in [0.15, 0.2) is 59.6 Å². The lowest BCUT2D eigenvalue weighted by Gasteiger charge is -2.18. The van der Waals surface area contributed by atoms with Crippen LogP contribution in [-0.2, 0) is 29.0 Å². The predicted molar refractivity (Wildman–Crippen MR) is 129 cm³/mol. The molecule has 0 fully saturated rings. The number of hydrogen-bond donors (Lipinski definition) is 2. The Hall–Kier alpha value is -3.59. The van der Waals surface area contributed by atoms with Crippen LogP contribution in [0.5, 0.6) is 0 Å². The van der Waals surface area contributed by atoms with Crippen LogP contribution in [0.4, 0.5) is 16.3 Å². The van der Waals surface area contributed by atoms with Gasteiger partial charge in [-0.2, -0.15) is 0 Å². The molecule has 0 aliphatic carbocycles. The van der Waals surface area contributed by atoms with Gasteiger partial charge in [-0.1, -0.05) is 42.5 Å². The Morgan fingerprint density at radius 2 is 1.73 bits per heavy atom. The summed E-state index contributed by atoms with van der Waals surface area (Å²) in [6.07, 6.45) is 1.68. The van der Waals surface area contributed by atoms with Gasteiger partial charge >= 0.3 is 12.1 Å². The number of benzene rings is 2. The molecule has 2 aromatic carbocycles. The van der Waals surface area contributed by atoms with Crippen LogP contribution in [0.25, 0.3) is 0 Å². The highest BCUT2D eigenvalue weighted by Gasteiger charge is 2.18. The Bertz CT molecular complexity index is 1110. The molecule has 0 spiro atoms. The van der Waals surface area contributed by atoms with E-state index in [4.69, 9.17) is 4.74 Å². The molecule has 9 heteroatoms. The monoisotopic (exact) mass is 466 g/mol. The van der Waals surface area contributed by atoms with E-state index in [1.807, 2.05) is 62.8 Å². The molecule has 0 aliphatic rings. The summed E-state index contributed by atoms with van der Waals surface area (Å²) in [5, 5.41) is 12.6. The average molecular weight is 467 g/mol. The van der Waals surface area contributed by atoms with Crippen molar-refractivity contribution >= 4 is 35.3 Å². The zero-order valence-corrected chi connectivity index (χ0v) is 19.6. The van der Waals surface area contributed by atoms with Gasteiger partial charge in [0.15, 0.2) is 0 Å². The molecule has 33 heavy (non-hydrogen) atoms. The number of aliphatic carboxylic acids is 1. The average Bonchev–Trinajstić information content (AvgIpc) is 2.80. The Morgan fingerprint density at radius 3 is 2.33 bits per heavy atom. The van der Waals surface area contributed by atoms with E-state index in [9.17, 15) is 14.7 Å². The summed E-state index contributed by atoms with van der Waals surface area (Å²) in [5.41, 5.74) is 3.10. The zero-order valence-electron chi connectivity index (χ0n) is 18.7. The van der Waals surface area contributed by atoms with Crippen molar-refractivity contribution in [2.45, 2.75) is 24.5 Å². The summed E-state index contributed by atoms with van der Waals surface area (Å²) in [6.45, 7) is 0.200. The minimum Gasteiger partial charge on any atom is -0.481 e. The fourth-order valence-electron chi connectivity index (χ4n) is 3.18. The number of carbonyl (C=O) groups excluding carboxylic acids is 1. The fourth-order valence-corrected chi connectivity index (χ4v) is 3.79. The third-order valence-corrected chi connectivity index (χ3v) is 5.44. The first kappa shape index (κ1) is 24.1. The summed E-state index contributed by atoms with van der Waals surface area (Å²) < 4.78 is 5.24. The van der Waals surface area contributed by atoms with Gasteiger partial charge in [-0.3, -0.25) is 10.1 Å². The molecule has 0 atom stereocenters. The van der Waals surface area contributed by atoms with Gasteiger partial charge in [0, 0.05) is 31.8 Å². The minimum absolute atomic E-state index is 0.134. The van der Waals surface area contributed by atoms with Crippen LogP contribution >= 0.6 is 11.8 Å². The number of carboxylic acids is 1. The molecule has 0 radical (unpaired) electrons. The lowest BCUT2D eigenvalue weighted by Crippen LogP contribution is -2.18. The summed E-state index contributed by atoms with van der Waals surface area (Å²) in [7, 11) is 3.66. The highest BCUT2D eigenvalue weighted by molar-refractivity contribution is 7.98. The quantitative estimate of drug-likeness (QED) is 0.357. The van der Waals surface area contributed by atoms with Crippen LogP contribution in [0.3, 0.4) is 0 Å². The number of nitrogens with zero attached hydrogens (tertiary/aromatic N) is 3. The molecule has 8 nitrogen and oxygen atoms in total. The van der Waals surface area contributed by atoms with Crippen LogP contribution < -0.4 is 10.2 Å². The van der Waals surface area contributed by atoms with Gasteiger partial charge in [-0.25, -0.2) is 14.8 Å². The standard InChI is InChI=1S/C24H26N4O4S/c1-28(2)22-19(14-21(29)30)23(33-3)27-20(26-22)13-16-9-11-18(12-10-16)25-24(31)32-15-17-7-5-4-6-8-17/h4-12H,13-15H2,1-3H3,(H,25,31)(H,29,30). The van der Waals surface area contributed by atoms with E-state index in [0.717, 1.165) is 11.1 Å². The van der Waals surface area contributed by atoms with E-state index in [0.29, 0.717) is 34.3 Å². The van der Waals surface area contributed by atoms with E-state index >= 15 is 0 Å². The first-order chi connectivity index (χ1) is 15.9. The van der Waals surface area contributed by atoms with Crippen molar-refractivity contribution in [1.29, 1.82) is 0 Å². The number of nitrogens with one attached hydrogen (secondary N) is 1. The molecule has 3 aromatic rings. The van der Waals surface area contributed by atoms with Gasteiger partial charge in [0.1, 0.15) is 23.3 Å². The van der Waals surface area contributed by atoms with Crippen LogP contribution in [0, 0.1) is 0 Å². The zero-order chi connectivity index (χ0) is 23.8. The van der Waals surface area contributed by atoms with Gasteiger partial charge in [-0.15, -0.1) is 11.8 Å². The highest BCUT2D eigenvalue weighted by Crippen LogP contribution is 2.27. The maximum Gasteiger partial charge on any atom is 0.411 e. The van der Waals surface area contributed by atoms with Gasteiger partial charge in [-0.05, 0) is 29.5 Å². The smallest absolute Gasteiger partial charge is 0.411 e. The number of aromatic nitrogens is 2. The predicted octanol–water partition coefficient (Wildman–Crippen LogP) is 4.23. The van der Waals surface area contributed by atoms with Crippen molar-refractivity contribution in [2.75, 3.05) is 30.6 Å². The third-order valence-electron chi connectivity index (χ3n) is 4.71. The maximum atomic E-state index is 12.0. The molecule has 0 saturated heterocycles. The first-order valence-corrected chi connectivity index (χ1v) is 11.5. The molecule has 0 aliphatic heterocycles. The number of ether oxygens (including phenoxy) is 1. The second-order valence-corrected chi connectivity index (χ2v) is 8.27. The molecule has 2 N–H and O–H groups in total. The molecule has 3 rings (SSSR count). The van der Waals surface area contributed by atoms with Gasteiger partial charge < -0.3 is 14.7 Å². The molecule has 1 amide bonds. The van der Waals surface area contributed by atoms with Crippen molar-refractivity contribution in [3.8, 4) is 0 Å². The lowest BCUT2D eigenvalue weighted by molar-refractivity contribution is -0.136. The summed E-state index contributed by atoms with van der Waals surface area (Å²) >= 11 is 1.40. The Morgan fingerprint density at radius 1 is 1.03 bits per heavy atom. The highest BCUT2D eigenvalue weighted by atomic mass is 32.2. The lowest BCUT2D eigenvalue weighted by atomic mass is 10.1. The number of carboxylic acid groups (broad SMARTS) is 1. The number of rotatable bonds is 9. The summed E-state index contributed by atoms with van der Waals surface area (Å²) in [6, 6.07) is 16.8. The summed E-state index contributed by atoms with van der Waals surface area (Å²) in [5.74, 6) is 0.279. The van der Waals surface area contributed by atoms with Crippen molar-refractivity contribution in [2.24, 2.45) is 0 Å². The Balaban J connectivity index is 1.67. The Kier molecular flexibility index (Phi) is 8.26. The molecule has 0 saturated carbocycles. The van der Waals surface area contributed by atoms with Gasteiger partial charge in [0.25, 0.3) is 0 Å². The molecule has 1 aromatic heterocycles. The normalized spacial score (nSPS) is 10.5. The second kappa shape index (κ2) is 11.3. The van der Waals surface area contributed by atoms with Crippen molar-refractivity contribution in [1.82, 2.24) is 9.97 Å². The number of anilines is 2. The summed E-state index contributed by atoms with van der Waals surface area (Å²) in [4.78, 5) is 34.3. The van der Waals surface area contributed by atoms with Crippen molar-refractivity contribution in [3.05, 3.63) is 77.1 Å². The number of amides is 1. The number of thioether (sulfide) groups is 1. The number of carbonyl (C=O) groups is 2. The largest absolute Gasteiger partial charge is 0.481 e. The van der Waals surface area contributed by atoms with E-state index in [1.54, 1.807) is 17.0 Å². The molecular weight excluding hydrogens is 440 g/mol. The molecule has 0 unspecified atom stereocenters. The van der Waals surface area contributed by atoms with Crippen LogP contribution in [0.1, 0.15) is 22.5 Å². The van der Waals surface area contributed by atoms with Crippen molar-refractivity contribution in [3.63, 3.8) is 0 Å². The first-order valence-electron chi connectivity index (χ1n) is 10.2. The van der Waals surface area contributed by atoms with E-state index in [1.165, 1.54) is 11.8 Å². The molecule has 1 heterocycles. The third kappa shape index (κ3) is 6.95. The second-order valence-electron chi connectivity index (χ2n) is 7.48. The number of hydrogen-bond acceptors (Lipinski definition) is 7. The van der Waals surface area contributed by atoms with Gasteiger partial charge in [0.05, 0.1) is 6.42 Å². The van der Waals surface area contributed by atoms with Gasteiger partial charge in [0.2, 0.25) is 0 Å². The van der Waals surface area contributed by atoms with E-state index in [2.05, 4.69) is 15.3 Å². The maximum absolute atomic E-state index is 12.0. The Labute approximate surface area is 197 Å². The fraction of sp³-hybridized carbons (Fsp3) is 0.250. The minimum atomic E-state index is -0.921. The van der Waals surface area contributed by atoms with Crippen molar-refractivity contribution < 1.29 is 19.4 Å².